The van der Waals surface area contributed by atoms with E-state index in [2.05, 4.69) is 9.98 Å². The van der Waals surface area contributed by atoms with Crippen LogP contribution in [0.25, 0.3) is 10.9 Å². The number of nitrogens with one attached hydrogen (secondary N) is 1. The van der Waals surface area contributed by atoms with Crippen LogP contribution in [0.3, 0.4) is 0 Å². The third-order valence-corrected chi connectivity index (χ3v) is 3.25. The van der Waals surface area contributed by atoms with Crippen LogP contribution in [0.4, 0.5) is 5.69 Å². The minimum absolute atomic E-state index is 0.102. The van der Waals surface area contributed by atoms with Crippen LogP contribution in [0.5, 0.6) is 11.6 Å². The minimum atomic E-state index is 0.102. The molecular weight excluding hydrogens is 252 g/mol. The van der Waals surface area contributed by atoms with Gasteiger partial charge < -0.3 is 15.2 Å². The van der Waals surface area contributed by atoms with Gasteiger partial charge in [0, 0.05) is 17.1 Å². The van der Waals surface area contributed by atoms with Crippen molar-refractivity contribution in [3.63, 3.8) is 0 Å². The third kappa shape index (κ3) is 2.12. The quantitative estimate of drug-likeness (QED) is 0.620. The first-order valence-electron chi connectivity index (χ1n) is 6.28. The molecule has 0 bridgehead atoms. The predicted octanol–water partition coefficient (Wildman–Crippen LogP) is 3.64. The van der Waals surface area contributed by atoms with Crippen LogP contribution < -0.4 is 0 Å². The number of benzene rings is 2. The molecule has 3 rings (SSSR count). The molecule has 3 N–H and O–H groups in total. The average molecular weight is 266 g/mol. The number of para-hydroxylation sites is 1. The molecule has 0 aliphatic rings. The second kappa shape index (κ2) is 4.74. The number of hydrogen-bond donors (Lipinski definition) is 3. The average Bonchev–Trinajstić information content (AvgIpc) is 2.76. The third-order valence-electron chi connectivity index (χ3n) is 3.25. The van der Waals surface area contributed by atoms with Gasteiger partial charge in [-0.05, 0) is 36.8 Å². The summed E-state index contributed by atoms with van der Waals surface area (Å²) < 4.78 is 0. The molecule has 0 unspecified atom stereocenters. The van der Waals surface area contributed by atoms with Gasteiger partial charge >= 0.3 is 0 Å². The molecular formula is C16H14N2O2. The van der Waals surface area contributed by atoms with Crippen molar-refractivity contribution in [2.75, 3.05) is 0 Å². The maximum atomic E-state index is 9.92. The van der Waals surface area contributed by atoms with Gasteiger partial charge in [-0.25, -0.2) is 0 Å². The van der Waals surface area contributed by atoms with Gasteiger partial charge in [0.1, 0.15) is 5.75 Å². The summed E-state index contributed by atoms with van der Waals surface area (Å²) in [5.41, 5.74) is 3.02. The molecule has 1 heterocycles. The Kier molecular flexibility index (Phi) is 2.91. The van der Waals surface area contributed by atoms with Gasteiger partial charge in [-0.2, -0.15) is 0 Å². The standard InChI is InChI=1S/C16H14N2O2/c1-10-8-11(6-7-15(10)19)17-9-13-12-4-2-3-5-14(12)18-16(13)20/h2-9,18-20H,1H3. The molecule has 1 aromatic heterocycles. The largest absolute Gasteiger partial charge is 0.508 e. The molecule has 0 spiro atoms. The van der Waals surface area contributed by atoms with Crippen molar-refractivity contribution in [3.8, 4) is 11.6 Å². The molecule has 0 saturated heterocycles. The first kappa shape index (κ1) is 12.3. The molecule has 100 valence electrons. The normalized spacial score (nSPS) is 11.4. The van der Waals surface area contributed by atoms with Gasteiger partial charge in [0.2, 0.25) is 0 Å². The number of fused-ring (bicyclic) bond motifs is 1. The summed E-state index contributed by atoms with van der Waals surface area (Å²) in [6.45, 7) is 1.82. The molecule has 3 aromatic rings. The second-order valence-corrected chi connectivity index (χ2v) is 4.66. The highest BCUT2D eigenvalue weighted by atomic mass is 16.3. The van der Waals surface area contributed by atoms with Crippen molar-refractivity contribution in [2.24, 2.45) is 4.99 Å². The SMILES string of the molecule is Cc1cc(N=Cc2c(O)[nH]c3ccccc23)ccc1O. The summed E-state index contributed by atoms with van der Waals surface area (Å²) in [4.78, 5) is 7.25. The molecule has 0 aliphatic carbocycles. The smallest absolute Gasteiger partial charge is 0.198 e. The van der Waals surface area contributed by atoms with Crippen LogP contribution in [0.1, 0.15) is 11.1 Å². The molecule has 4 heteroatoms. The van der Waals surface area contributed by atoms with E-state index in [4.69, 9.17) is 0 Å². The van der Waals surface area contributed by atoms with Crippen LogP contribution in [0.15, 0.2) is 47.5 Å². The number of hydrogen-bond acceptors (Lipinski definition) is 3. The summed E-state index contributed by atoms with van der Waals surface area (Å²) in [7, 11) is 0. The van der Waals surface area contributed by atoms with Gasteiger partial charge in [-0.15, -0.1) is 0 Å². The number of aromatic amines is 1. The molecule has 0 amide bonds. The number of aromatic hydroxyl groups is 2. The molecule has 0 aliphatic heterocycles. The fourth-order valence-electron chi connectivity index (χ4n) is 2.14. The molecule has 4 nitrogen and oxygen atoms in total. The summed E-state index contributed by atoms with van der Waals surface area (Å²) in [5.74, 6) is 0.351. The lowest BCUT2D eigenvalue weighted by Crippen LogP contribution is -1.79. The van der Waals surface area contributed by atoms with Gasteiger partial charge in [0.25, 0.3) is 0 Å². The van der Waals surface area contributed by atoms with Gasteiger partial charge in [0.05, 0.1) is 11.3 Å². The van der Waals surface area contributed by atoms with Crippen molar-refractivity contribution in [3.05, 3.63) is 53.6 Å². The Hall–Kier alpha value is -2.75. The highest BCUT2D eigenvalue weighted by Gasteiger charge is 2.07. The van der Waals surface area contributed by atoms with Crippen molar-refractivity contribution >= 4 is 22.8 Å². The van der Waals surface area contributed by atoms with Crippen LogP contribution in [0.2, 0.25) is 0 Å². The number of phenols is 1. The predicted molar refractivity (Wildman–Crippen MR) is 80.1 cm³/mol. The zero-order chi connectivity index (χ0) is 14.1. The van der Waals surface area contributed by atoms with E-state index in [-0.39, 0.29) is 11.6 Å². The van der Waals surface area contributed by atoms with Crippen LogP contribution >= 0.6 is 0 Å². The lowest BCUT2D eigenvalue weighted by atomic mass is 10.2. The Morgan fingerprint density at radius 3 is 2.70 bits per heavy atom. The zero-order valence-electron chi connectivity index (χ0n) is 11.0. The molecule has 0 saturated carbocycles. The van der Waals surface area contributed by atoms with E-state index in [0.29, 0.717) is 5.56 Å². The Morgan fingerprint density at radius 1 is 1.10 bits per heavy atom. The molecule has 0 atom stereocenters. The lowest BCUT2D eigenvalue weighted by Gasteiger charge is -1.99. The summed E-state index contributed by atoms with van der Waals surface area (Å²) >= 11 is 0. The molecule has 0 radical (unpaired) electrons. The van der Waals surface area contributed by atoms with E-state index in [1.54, 1.807) is 24.4 Å². The Morgan fingerprint density at radius 2 is 1.90 bits per heavy atom. The van der Waals surface area contributed by atoms with E-state index < -0.39 is 0 Å². The number of aliphatic imine (C=N–C) groups is 1. The van der Waals surface area contributed by atoms with Crippen molar-refractivity contribution in [2.45, 2.75) is 6.92 Å². The highest BCUT2D eigenvalue weighted by Crippen LogP contribution is 2.27. The Bertz CT molecular complexity index is 803. The summed E-state index contributed by atoms with van der Waals surface area (Å²) in [5, 5.41) is 20.3. The molecule has 2 aromatic carbocycles. The van der Waals surface area contributed by atoms with E-state index in [0.717, 1.165) is 22.2 Å². The monoisotopic (exact) mass is 266 g/mol. The van der Waals surface area contributed by atoms with Gasteiger partial charge in [-0.1, -0.05) is 18.2 Å². The van der Waals surface area contributed by atoms with Crippen LogP contribution in [-0.2, 0) is 0 Å². The molecule has 20 heavy (non-hydrogen) atoms. The van der Waals surface area contributed by atoms with Crippen LogP contribution in [-0.4, -0.2) is 21.4 Å². The number of phenolic OH excluding ortho intramolecular Hbond substituents is 1. The maximum absolute atomic E-state index is 9.92. The van der Waals surface area contributed by atoms with Gasteiger partial charge in [0.15, 0.2) is 5.88 Å². The van der Waals surface area contributed by atoms with Crippen molar-refractivity contribution in [1.82, 2.24) is 4.98 Å². The van der Waals surface area contributed by atoms with Gasteiger partial charge in [-0.3, -0.25) is 4.99 Å². The fourth-order valence-corrected chi connectivity index (χ4v) is 2.14. The maximum Gasteiger partial charge on any atom is 0.198 e. The zero-order valence-corrected chi connectivity index (χ0v) is 11.0. The number of aromatic nitrogens is 1. The Balaban J connectivity index is 2.02. The summed E-state index contributed by atoms with van der Waals surface area (Å²) in [6.07, 6.45) is 1.62. The Labute approximate surface area is 116 Å². The van der Waals surface area contributed by atoms with Crippen molar-refractivity contribution < 1.29 is 10.2 Å². The molecule has 0 fully saturated rings. The first-order valence-corrected chi connectivity index (χ1v) is 6.28. The topological polar surface area (TPSA) is 68.6 Å². The fraction of sp³-hybridized carbons (Fsp3) is 0.0625. The number of nitrogens with zero attached hydrogens (tertiary/aromatic N) is 1. The lowest BCUT2D eigenvalue weighted by molar-refractivity contribution is 0.457. The number of rotatable bonds is 2. The first-order chi connectivity index (χ1) is 9.65. The highest BCUT2D eigenvalue weighted by molar-refractivity contribution is 6.02. The van der Waals surface area contributed by atoms with E-state index >= 15 is 0 Å². The van der Waals surface area contributed by atoms with Crippen molar-refractivity contribution in [1.29, 1.82) is 0 Å². The van der Waals surface area contributed by atoms with Crippen LogP contribution in [0, 0.1) is 6.92 Å². The number of aryl methyl sites for hydroxylation is 1. The summed E-state index contributed by atoms with van der Waals surface area (Å²) in [6, 6.07) is 12.8. The van der Waals surface area contributed by atoms with E-state index in [9.17, 15) is 10.2 Å². The number of H-pyrrole nitrogens is 1. The van der Waals surface area contributed by atoms with E-state index in [1.807, 2.05) is 31.2 Å². The van der Waals surface area contributed by atoms with E-state index in [1.165, 1.54) is 0 Å². The second-order valence-electron chi connectivity index (χ2n) is 4.66. The minimum Gasteiger partial charge on any atom is -0.508 e.